The van der Waals surface area contributed by atoms with Crippen LogP contribution in [0.3, 0.4) is 0 Å². The van der Waals surface area contributed by atoms with E-state index < -0.39 is 29.6 Å². The molecule has 1 atom stereocenters. The summed E-state index contributed by atoms with van der Waals surface area (Å²) in [5, 5.41) is 14.0. The summed E-state index contributed by atoms with van der Waals surface area (Å²) in [5.74, 6) is -2.19. The highest BCUT2D eigenvalue weighted by atomic mass is 19.2. The van der Waals surface area contributed by atoms with Crippen LogP contribution >= 0.6 is 0 Å². The number of rotatable bonds is 3. The maximum absolute atomic E-state index is 14.0. The number of amides is 3. The van der Waals surface area contributed by atoms with E-state index in [-0.39, 0.29) is 30.9 Å². The fraction of sp³-hybridized carbons (Fsp3) is 0.222. The van der Waals surface area contributed by atoms with E-state index in [1.165, 1.54) is 18.3 Å². The normalized spacial score (nSPS) is 17.1. The highest BCUT2D eigenvalue weighted by Crippen LogP contribution is 2.31. The second-order valence-corrected chi connectivity index (χ2v) is 6.32. The van der Waals surface area contributed by atoms with Crippen LogP contribution in [0.4, 0.5) is 19.3 Å². The largest absolute Gasteiger partial charge is 0.489 e. The molecule has 10 heteroatoms. The Labute approximate surface area is 157 Å². The minimum atomic E-state index is -1.06. The summed E-state index contributed by atoms with van der Waals surface area (Å²) in [6.45, 7) is -0.457. The van der Waals surface area contributed by atoms with Gasteiger partial charge in [0.1, 0.15) is 36.7 Å². The predicted octanol–water partition coefficient (Wildman–Crippen LogP) is 1.83. The molecule has 2 N–H and O–H groups in total. The Morgan fingerprint density at radius 1 is 1.46 bits per heavy atom. The van der Waals surface area contributed by atoms with Crippen molar-refractivity contribution in [3.05, 3.63) is 52.9 Å². The number of pyridine rings is 1. The van der Waals surface area contributed by atoms with Gasteiger partial charge in [0, 0.05) is 17.8 Å². The number of benzene rings is 1. The number of nitriles is 1. The van der Waals surface area contributed by atoms with Gasteiger partial charge in [0.25, 0.3) is 0 Å². The summed E-state index contributed by atoms with van der Waals surface area (Å²) in [5.41, 5.74) is 0.973. The third-order valence-electron chi connectivity index (χ3n) is 4.49. The molecule has 0 saturated heterocycles. The molecule has 2 aliphatic rings. The highest BCUT2D eigenvalue weighted by Gasteiger charge is 2.31. The first-order valence-corrected chi connectivity index (χ1v) is 8.31. The molecule has 0 fully saturated rings. The lowest BCUT2D eigenvalue weighted by molar-refractivity contribution is -0.122. The van der Waals surface area contributed by atoms with Gasteiger partial charge in [-0.05, 0) is 12.1 Å². The number of carbonyl (C=O) groups excluding carboxylic acids is 2. The van der Waals surface area contributed by atoms with E-state index in [1.54, 1.807) is 0 Å². The smallest absolute Gasteiger partial charge is 0.322 e. The van der Waals surface area contributed by atoms with Crippen molar-refractivity contribution in [3.63, 3.8) is 0 Å². The summed E-state index contributed by atoms with van der Waals surface area (Å²) in [6, 6.07) is 4.56. The van der Waals surface area contributed by atoms with Gasteiger partial charge in [-0.15, -0.1) is 0 Å². The SMILES string of the molecule is N#Cc1cnc2c(c1)OC[C@H]2NC(=O)CN1Cc2c(ccc(F)c2F)NC1=O. The third kappa shape index (κ3) is 3.07. The minimum absolute atomic E-state index is 0.0207. The molecule has 8 nitrogen and oxygen atoms in total. The van der Waals surface area contributed by atoms with Crippen LogP contribution in [-0.4, -0.2) is 35.0 Å². The number of anilines is 1. The van der Waals surface area contributed by atoms with Crippen molar-refractivity contribution < 1.29 is 23.1 Å². The fourth-order valence-electron chi connectivity index (χ4n) is 3.12. The number of ether oxygens (including phenoxy) is 1. The van der Waals surface area contributed by atoms with Crippen LogP contribution in [0.15, 0.2) is 24.4 Å². The van der Waals surface area contributed by atoms with Crippen molar-refractivity contribution in [1.82, 2.24) is 15.2 Å². The number of aromatic nitrogens is 1. The molecule has 3 amide bonds. The van der Waals surface area contributed by atoms with Crippen molar-refractivity contribution in [2.45, 2.75) is 12.6 Å². The molecule has 28 heavy (non-hydrogen) atoms. The molecule has 1 aromatic carbocycles. The molecule has 3 heterocycles. The molecular formula is C18H13F2N5O3. The van der Waals surface area contributed by atoms with Crippen molar-refractivity contribution in [3.8, 4) is 11.8 Å². The first-order valence-electron chi connectivity index (χ1n) is 8.31. The summed E-state index contributed by atoms with van der Waals surface area (Å²) in [6.07, 6.45) is 1.37. The van der Waals surface area contributed by atoms with Crippen LogP contribution in [0.5, 0.6) is 5.75 Å². The second kappa shape index (κ2) is 6.77. The maximum Gasteiger partial charge on any atom is 0.322 e. The highest BCUT2D eigenvalue weighted by molar-refractivity contribution is 5.95. The number of hydrogen-bond acceptors (Lipinski definition) is 5. The molecule has 0 aliphatic carbocycles. The van der Waals surface area contributed by atoms with Gasteiger partial charge in [-0.25, -0.2) is 13.6 Å². The lowest BCUT2D eigenvalue weighted by Crippen LogP contribution is -2.45. The lowest BCUT2D eigenvalue weighted by Gasteiger charge is -2.29. The average molecular weight is 385 g/mol. The van der Waals surface area contributed by atoms with E-state index >= 15 is 0 Å². The van der Waals surface area contributed by atoms with Crippen LogP contribution in [0.2, 0.25) is 0 Å². The molecule has 0 unspecified atom stereocenters. The average Bonchev–Trinajstić information content (AvgIpc) is 3.08. The molecule has 2 aromatic rings. The first-order chi connectivity index (χ1) is 13.5. The molecule has 142 valence electrons. The summed E-state index contributed by atoms with van der Waals surface area (Å²) < 4.78 is 32.8. The van der Waals surface area contributed by atoms with Crippen molar-refractivity contribution in [2.75, 3.05) is 18.5 Å². The second-order valence-electron chi connectivity index (χ2n) is 6.32. The van der Waals surface area contributed by atoms with Crippen molar-refractivity contribution in [2.24, 2.45) is 0 Å². The van der Waals surface area contributed by atoms with Gasteiger partial charge in [-0.1, -0.05) is 0 Å². The molecule has 2 aliphatic heterocycles. The van der Waals surface area contributed by atoms with E-state index in [0.29, 0.717) is 17.0 Å². The van der Waals surface area contributed by atoms with Gasteiger partial charge in [0.2, 0.25) is 5.91 Å². The van der Waals surface area contributed by atoms with Gasteiger partial charge in [0.15, 0.2) is 11.6 Å². The van der Waals surface area contributed by atoms with Gasteiger partial charge in [-0.2, -0.15) is 5.26 Å². The number of nitrogens with one attached hydrogen (secondary N) is 2. The molecule has 1 aromatic heterocycles. The number of nitrogens with zero attached hydrogens (tertiary/aromatic N) is 3. The monoisotopic (exact) mass is 385 g/mol. The third-order valence-corrected chi connectivity index (χ3v) is 4.49. The topological polar surface area (TPSA) is 107 Å². The quantitative estimate of drug-likeness (QED) is 0.838. The number of urea groups is 1. The number of carbonyl (C=O) groups is 2. The summed E-state index contributed by atoms with van der Waals surface area (Å²) >= 11 is 0. The fourth-order valence-corrected chi connectivity index (χ4v) is 3.12. The van der Waals surface area contributed by atoms with Crippen LogP contribution < -0.4 is 15.4 Å². The van der Waals surface area contributed by atoms with Crippen LogP contribution in [-0.2, 0) is 11.3 Å². The van der Waals surface area contributed by atoms with Gasteiger partial charge < -0.3 is 20.3 Å². The zero-order chi connectivity index (χ0) is 19.8. The van der Waals surface area contributed by atoms with E-state index in [9.17, 15) is 18.4 Å². The molecule has 0 spiro atoms. The van der Waals surface area contributed by atoms with Gasteiger partial charge in [0.05, 0.1) is 17.8 Å². The zero-order valence-corrected chi connectivity index (χ0v) is 14.3. The Kier molecular flexibility index (Phi) is 4.27. The zero-order valence-electron chi connectivity index (χ0n) is 14.3. The summed E-state index contributed by atoms with van der Waals surface area (Å²) in [4.78, 5) is 29.7. The Hall–Kier alpha value is -3.74. The Bertz CT molecular complexity index is 1040. The predicted molar refractivity (Wildman–Crippen MR) is 91.1 cm³/mol. The van der Waals surface area contributed by atoms with E-state index in [0.717, 1.165) is 11.0 Å². The Balaban J connectivity index is 1.45. The molecular weight excluding hydrogens is 372 g/mol. The first kappa shape index (κ1) is 17.7. The number of halogens is 2. The van der Waals surface area contributed by atoms with Crippen LogP contribution in [0.1, 0.15) is 22.9 Å². The van der Waals surface area contributed by atoms with Gasteiger partial charge in [-0.3, -0.25) is 9.78 Å². The molecule has 4 rings (SSSR count). The number of fused-ring (bicyclic) bond motifs is 2. The van der Waals surface area contributed by atoms with E-state index in [4.69, 9.17) is 10.00 Å². The standard InChI is InChI=1S/C18H13F2N5O3/c19-11-1-2-12-10(16(11)20)6-25(18(27)24-12)7-15(26)23-13-8-28-14-3-9(4-21)5-22-17(13)14/h1-3,5,13H,6-8H2,(H,23,26)(H,24,27)/t13-/m1/s1. The summed E-state index contributed by atoms with van der Waals surface area (Å²) in [7, 11) is 0. The van der Waals surface area contributed by atoms with E-state index in [2.05, 4.69) is 15.6 Å². The van der Waals surface area contributed by atoms with Crippen LogP contribution in [0, 0.1) is 23.0 Å². The minimum Gasteiger partial charge on any atom is -0.489 e. The lowest BCUT2D eigenvalue weighted by atomic mass is 10.1. The molecule has 0 bridgehead atoms. The Morgan fingerprint density at radius 2 is 2.29 bits per heavy atom. The van der Waals surface area contributed by atoms with E-state index in [1.807, 2.05) is 6.07 Å². The Morgan fingerprint density at radius 3 is 3.07 bits per heavy atom. The maximum atomic E-state index is 14.0. The van der Waals surface area contributed by atoms with Crippen molar-refractivity contribution in [1.29, 1.82) is 5.26 Å². The van der Waals surface area contributed by atoms with Crippen molar-refractivity contribution >= 4 is 17.6 Å². The number of hydrogen-bond donors (Lipinski definition) is 2. The molecule has 0 radical (unpaired) electrons. The van der Waals surface area contributed by atoms with Crippen LogP contribution in [0.25, 0.3) is 0 Å². The van der Waals surface area contributed by atoms with Gasteiger partial charge >= 0.3 is 6.03 Å². The molecule has 0 saturated carbocycles.